The summed E-state index contributed by atoms with van der Waals surface area (Å²) in [6, 6.07) is 5.60. The Morgan fingerprint density at radius 2 is 1.93 bits per heavy atom. The molecule has 2 aliphatic heterocycles. The maximum atomic E-state index is 14.5. The lowest BCUT2D eigenvalue weighted by atomic mass is 9.91. The smallest absolute Gasteiger partial charge is 0.259 e. The predicted octanol–water partition coefficient (Wildman–Crippen LogP) is 0.908. The van der Waals surface area contributed by atoms with Gasteiger partial charge < -0.3 is 34.6 Å². The highest BCUT2D eigenvalue weighted by molar-refractivity contribution is 9.10. The first-order valence-electron chi connectivity index (χ1n) is 13.5. The average molecular weight is 695 g/mol. The van der Waals surface area contributed by atoms with E-state index >= 15 is 0 Å². The zero-order chi connectivity index (χ0) is 32.6. The van der Waals surface area contributed by atoms with Gasteiger partial charge in [0.05, 0.1) is 36.6 Å². The van der Waals surface area contributed by atoms with Crippen molar-refractivity contribution in [3.8, 4) is 17.3 Å². The summed E-state index contributed by atoms with van der Waals surface area (Å²) >= 11 is 3.32. The number of halogens is 4. The number of hydrogen-bond acceptors (Lipinski definition) is 10. The van der Waals surface area contributed by atoms with Crippen molar-refractivity contribution in [3.63, 3.8) is 0 Å². The van der Waals surface area contributed by atoms with Crippen LogP contribution in [0.3, 0.4) is 0 Å². The molecule has 2 saturated heterocycles. The number of ether oxygens (including phenoxy) is 2. The topological polar surface area (TPSA) is 174 Å². The molecule has 2 aromatic carbocycles. The van der Waals surface area contributed by atoms with Crippen molar-refractivity contribution in [3.05, 3.63) is 64.0 Å². The van der Waals surface area contributed by atoms with Gasteiger partial charge in [0.25, 0.3) is 5.91 Å². The van der Waals surface area contributed by atoms with Crippen molar-refractivity contribution in [2.75, 3.05) is 31.7 Å². The van der Waals surface area contributed by atoms with E-state index < -0.39 is 72.6 Å². The highest BCUT2D eigenvalue weighted by atomic mass is 79.9. The largest absolute Gasteiger partial charge is 0.394 e. The summed E-state index contributed by atoms with van der Waals surface area (Å²) in [6.45, 7) is -0.903. The van der Waals surface area contributed by atoms with E-state index in [1.807, 2.05) is 6.07 Å². The normalized spacial score (nSPS) is 26.5. The van der Waals surface area contributed by atoms with Gasteiger partial charge in [0.15, 0.2) is 23.6 Å². The molecule has 2 amide bonds. The van der Waals surface area contributed by atoms with Crippen LogP contribution in [0.4, 0.5) is 18.9 Å². The summed E-state index contributed by atoms with van der Waals surface area (Å²) in [5, 5.41) is 49.6. The van der Waals surface area contributed by atoms with E-state index in [1.165, 1.54) is 41.3 Å². The first kappa shape index (κ1) is 32.5. The number of nitriles is 1. The zero-order valence-electron chi connectivity index (χ0n) is 23.4. The molecule has 17 heteroatoms. The number of aliphatic hydroxyl groups is 3. The van der Waals surface area contributed by atoms with Crippen LogP contribution in [0.1, 0.15) is 11.6 Å². The fraction of sp³-hybridized carbons (Fsp3) is 0.393. The van der Waals surface area contributed by atoms with Gasteiger partial charge in [0, 0.05) is 35.9 Å². The number of hydrogen-bond donors (Lipinski definition) is 3. The summed E-state index contributed by atoms with van der Waals surface area (Å²) in [4.78, 5) is 28.5. The van der Waals surface area contributed by atoms with Crippen LogP contribution in [0.15, 0.2) is 41.0 Å². The lowest BCUT2D eigenvalue weighted by Gasteiger charge is -2.45. The van der Waals surface area contributed by atoms with Crippen LogP contribution in [-0.2, 0) is 19.1 Å². The van der Waals surface area contributed by atoms with Crippen LogP contribution < -0.4 is 4.90 Å². The van der Waals surface area contributed by atoms with Gasteiger partial charge in [-0.25, -0.2) is 17.9 Å². The maximum absolute atomic E-state index is 14.5. The van der Waals surface area contributed by atoms with Crippen LogP contribution in [0.25, 0.3) is 11.3 Å². The molecule has 1 aromatic heterocycles. The van der Waals surface area contributed by atoms with Gasteiger partial charge in [-0.1, -0.05) is 21.1 Å². The van der Waals surface area contributed by atoms with E-state index in [0.29, 0.717) is 23.0 Å². The number of β-amino-alcohol motifs (C(OH)–C–C–N with tert-alkyl or cyclic N) is 1. The van der Waals surface area contributed by atoms with Crippen LogP contribution >= 0.6 is 15.9 Å². The number of carbonyl (C=O) groups is 2. The molecule has 13 nitrogen and oxygen atoms in total. The predicted molar refractivity (Wildman–Crippen MR) is 151 cm³/mol. The molecule has 3 aromatic rings. The Hall–Kier alpha value is -3.92. The van der Waals surface area contributed by atoms with Crippen molar-refractivity contribution in [2.24, 2.45) is 0 Å². The molecule has 5 rings (SSSR count). The van der Waals surface area contributed by atoms with E-state index in [9.17, 15) is 43.3 Å². The van der Waals surface area contributed by atoms with E-state index in [2.05, 4.69) is 26.2 Å². The Balaban J connectivity index is 1.57. The number of nitrogens with zero attached hydrogens (tertiary/aromatic N) is 6. The van der Waals surface area contributed by atoms with Crippen molar-refractivity contribution in [2.45, 2.75) is 42.6 Å². The summed E-state index contributed by atoms with van der Waals surface area (Å²) in [5.41, 5.74) is 0.0825. The van der Waals surface area contributed by atoms with Gasteiger partial charge in [-0.2, -0.15) is 5.26 Å². The standard InChI is InChI=1S/C28H26BrF3N6O7/c1-44-26-24(37-8-19(34-35-37)14-4-17(30)23(32)18(31)5-14)25(42)22(11-39)45-27(26)28(43)38(20-9-36(12-40)10-21(20)41)16-3-13(7-33)2-15(29)6-16/h2-6,8,12,20-22,24-27,39,41-42H,9-11H2,1H3/t20-,21-,22?,24?,25?,26?,27?/m0/s1. The first-order chi connectivity index (χ1) is 21.5. The SMILES string of the molecule is COC1C(C(=O)N(c2cc(Br)cc(C#N)c2)[C@H]2CN(C=O)C[C@@H]2O)OC(CO)C(O)C1n1cc(-c2cc(F)c(F)c(F)c2)nn1. The van der Waals surface area contributed by atoms with Crippen molar-refractivity contribution >= 4 is 33.9 Å². The molecule has 238 valence electrons. The van der Waals surface area contributed by atoms with Crippen LogP contribution in [-0.4, -0.2) is 111 Å². The Bertz CT molecular complexity index is 1620. The van der Waals surface area contributed by atoms with Gasteiger partial charge in [-0.3, -0.25) is 9.59 Å². The minimum atomic E-state index is -1.67. The first-order valence-corrected chi connectivity index (χ1v) is 14.3. The number of methoxy groups -OCH3 is 1. The fourth-order valence-electron chi connectivity index (χ4n) is 5.65. The summed E-state index contributed by atoms with van der Waals surface area (Å²) in [5.74, 6) is -5.39. The number of benzene rings is 2. The second-order valence-electron chi connectivity index (χ2n) is 10.5. The number of rotatable bonds is 8. The second kappa shape index (κ2) is 13.2. The lowest BCUT2D eigenvalue weighted by Crippen LogP contribution is -2.63. The highest BCUT2D eigenvalue weighted by Crippen LogP contribution is 2.36. The monoisotopic (exact) mass is 694 g/mol. The molecule has 0 saturated carbocycles. The number of aromatic nitrogens is 3. The van der Waals surface area contributed by atoms with Gasteiger partial charge in [0.1, 0.15) is 30.0 Å². The van der Waals surface area contributed by atoms with Gasteiger partial charge in [-0.05, 0) is 30.3 Å². The third kappa shape index (κ3) is 6.17. The number of likely N-dealkylation sites (tertiary alicyclic amines) is 1. The molecule has 0 spiro atoms. The molecular weight excluding hydrogens is 669 g/mol. The van der Waals surface area contributed by atoms with Gasteiger partial charge in [-0.15, -0.1) is 5.10 Å². The zero-order valence-corrected chi connectivity index (χ0v) is 25.0. The van der Waals surface area contributed by atoms with Crippen LogP contribution in [0.2, 0.25) is 0 Å². The third-order valence-corrected chi connectivity index (χ3v) is 8.23. The molecule has 2 aliphatic rings. The number of amides is 2. The van der Waals surface area contributed by atoms with Crippen LogP contribution in [0.5, 0.6) is 0 Å². The second-order valence-corrected chi connectivity index (χ2v) is 11.4. The van der Waals surface area contributed by atoms with E-state index in [1.54, 1.807) is 0 Å². The van der Waals surface area contributed by atoms with Crippen molar-refractivity contribution < 1.29 is 47.6 Å². The molecule has 0 aliphatic carbocycles. The van der Waals surface area contributed by atoms with Gasteiger partial charge in [0.2, 0.25) is 6.41 Å². The molecule has 2 fully saturated rings. The fourth-order valence-corrected chi connectivity index (χ4v) is 6.13. The molecule has 0 bridgehead atoms. The molecule has 45 heavy (non-hydrogen) atoms. The quantitative estimate of drug-likeness (QED) is 0.227. The molecule has 3 N–H and O–H groups in total. The average Bonchev–Trinajstić information content (AvgIpc) is 3.66. The minimum absolute atomic E-state index is 0.0676. The van der Waals surface area contributed by atoms with Crippen molar-refractivity contribution in [1.29, 1.82) is 5.26 Å². The summed E-state index contributed by atoms with van der Waals surface area (Å²) < 4.78 is 54.4. The van der Waals surface area contributed by atoms with E-state index in [-0.39, 0.29) is 35.6 Å². The minimum Gasteiger partial charge on any atom is -0.394 e. The Labute approximate surface area is 262 Å². The Kier molecular flexibility index (Phi) is 9.53. The molecule has 5 unspecified atom stereocenters. The Morgan fingerprint density at radius 1 is 1.22 bits per heavy atom. The molecule has 7 atom stereocenters. The highest BCUT2D eigenvalue weighted by Gasteiger charge is 2.52. The molecular formula is C28H26BrF3N6O7. The molecule has 0 radical (unpaired) electrons. The summed E-state index contributed by atoms with van der Waals surface area (Å²) in [6.07, 6.45) is -5.31. The molecule has 3 heterocycles. The Morgan fingerprint density at radius 3 is 2.53 bits per heavy atom. The number of anilines is 1. The third-order valence-electron chi connectivity index (χ3n) is 7.77. The maximum Gasteiger partial charge on any atom is 0.259 e. The van der Waals surface area contributed by atoms with E-state index in [4.69, 9.17) is 9.47 Å². The van der Waals surface area contributed by atoms with Crippen molar-refractivity contribution in [1.82, 2.24) is 19.9 Å². The summed E-state index contributed by atoms with van der Waals surface area (Å²) in [7, 11) is 1.23. The van der Waals surface area contributed by atoms with Gasteiger partial charge >= 0.3 is 0 Å². The number of aliphatic hydroxyl groups excluding tert-OH is 3. The number of carbonyl (C=O) groups excluding carboxylic acids is 2. The van der Waals surface area contributed by atoms with E-state index in [0.717, 1.165) is 4.68 Å². The van der Waals surface area contributed by atoms with Crippen LogP contribution in [0, 0.1) is 28.8 Å². The lowest BCUT2D eigenvalue weighted by molar-refractivity contribution is -0.211.